The molecule has 2 bridgehead atoms. The van der Waals surface area contributed by atoms with Crippen molar-refractivity contribution >= 4 is 5.91 Å². The first-order chi connectivity index (χ1) is 11.6. The Labute approximate surface area is 144 Å². The molecule has 3 aliphatic heterocycles. The van der Waals surface area contributed by atoms with Gasteiger partial charge in [0, 0.05) is 45.2 Å². The normalized spacial score (nSPS) is 24.0. The topological polar surface area (TPSA) is 54.3 Å². The number of hydrogen-bond donors (Lipinski definition) is 0. The second kappa shape index (κ2) is 7.92. The van der Waals surface area contributed by atoms with Gasteiger partial charge in [0.1, 0.15) is 12.7 Å². The van der Waals surface area contributed by atoms with Crippen molar-refractivity contribution in [1.82, 2.24) is 24.6 Å². The Hall–Kier alpha value is -1.69. The second-order valence-corrected chi connectivity index (χ2v) is 7.39. The van der Waals surface area contributed by atoms with Crippen molar-refractivity contribution in [3.8, 4) is 0 Å². The van der Waals surface area contributed by atoms with Crippen LogP contribution in [-0.2, 0) is 11.3 Å². The maximum Gasteiger partial charge on any atom is 0.222 e. The SMILES string of the molecule is CC(C)=CCN1C[C@H]2CC[C@@H]1CN(C(=O)CCCn1cncn1)C2. The molecule has 132 valence electrons. The molecular weight excluding hydrogens is 302 g/mol. The molecule has 0 unspecified atom stereocenters. The lowest BCUT2D eigenvalue weighted by molar-refractivity contribution is -0.131. The highest BCUT2D eigenvalue weighted by molar-refractivity contribution is 5.76. The van der Waals surface area contributed by atoms with Crippen LogP contribution in [0.15, 0.2) is 24.3 Å². The highest BCUT2D eigenvalue weighted by atomic mass is 16.2. The van der Waals surface area contributed by atoms with E-state index in [1.165, 1.54) is 24.7 Å². The van der Waals surface area contributed by atoms with Crippen molar-refractivity contribution in [3.05, 3.63) is 24.3 Å². The minimum absolute atomic E-state index is 0.302. The van der Waals surface area contributed by atoms with E-state index < -0.39 is 0 Å². The largest absolute Gasteiger partial charge is 0.341 e. The molecule has 1 aromatic rings. The summed E-state index contributed by atoms with van der Waals surface area (Å²) >= 11 is 0. The minimum Gasteiger partial charge on any atom is -0.341 e. The van der Waals surface area contributed by atoms with Crippen molar-refractivity contribution in [2.45, 2.75) is 52.1 Å². The van der Waals surface area contributed by atoms with Gasteiger partial charge in [0.15, 0.2) is 0 Å². The summed E-state index contributed by atoms with van der Waals surface area (Å²) < 4.78 is 1.79. The predicted molar refractivity (Wildman–Crippen MR) is 93.4 cm³/mol. The Bertz CT molecular complexity index is 564. The summed E-state index contributed by atoms with van der Waals surface area (Å²) in [6.07, 6.45) is 9.48. The maximum atomic E-state index is 12.6. The van der Waals surface area contributed by atoms with Gasteiger partial charge in [-0.05, 0) is 39.0 Å². The van der Waals surface area contributed by atoms with Crippen LogP contribution in [0.1, 0.15) is 39.5 Å². The van der Waals surface area contributed by atoms with Crippen LogP contribution < -0.4 is 0 Å². The summed E-state index contributed by atoms with van der Waals surface area (Å²) in [5.74, 6) is 0.935. The van der Waals surface area contributed by atoms with Crippen molar-refractivity contribution < 1.29 is 4.79 Å². The van der Waals surface area contributed by atoms with E-state index >= 15 is 0 Å². The van der Waals surface area contributed by atoms with E-state index in [1.807, 2.05) is 0 Å². The van der Waals surface area contributed by atoms with Crippen molar-refractivity contribution in [2.75, 3.05) is 26.2 Å². The number of allylic oxidation sites excluding steroid dienone is 1. The van der Waals surface area contributed by atoms with Crippen LogP contribution in [0.25, 0.3) is 0 Å². The summed E-state index contributed by atoms with van der Waals surface area (Å²) in [6.45, 7) is 9.06. The number of aromatic nitrogens is 3. The molecule has 1 amide bonds. The number of piperidine rings is 1. The van der Waals surface area contributed by atoms with Crippen molar-refractivity contribution in [3.63, 3.8) is 0 Å². The molecule has 0 aromatic carbocycles. The predicted octanol–water partition coefficient (Wildman–Crippen LogP) is 1.95. The highest BCUT2D eigenvalue weighted by Crippen LogP contribution is 2.28. The first kappa shape index (κ1) is 17.1. The van der Waals surface area contributed by atoms with Crippen LogP contribution in [0.2, 0.25) is 0 Å². The first-order valence-corrected chi connectivity index (χ1v) is 9.09. The zero-order valence-corrected chi connectivity index (χ0v) is 14.9. The fourth-order valence-electron chi connectivity index (χ4n) is 3.80. The number of aryl methyl sites for hydroxylation is 1. The molecular formula is C18H29N5O. The Kier molecular flexibility index (Phi) is 5.66. The van der Waals surface area contributed by atoms with E-state index in [4.69, 9.17) is 0 Å². The van der Waals surface area contributed by atoms with Gasteiger partial charge in [-0.3, -0.25) is 14.4 Å². The minimum atomic E-state index is 0.302. The summed E-state index contributed by atoms with van der Waals surface area (Å²) in [7, 11) is 0. The molecule has 0 N–H and O–H groups in total. The molecule has 3 saturated heterocycles. The molecule has 2 atom stereocenters. The summed E-state index contributed by atoms with van der Waals surface area (Å²) in [5.41, 5.74) is 1.37. The third-order valence-electron chi connectivity index (χ3n) is 5.16. The van der Waals surface area contributed by atoms with E-state index in [-0.39, 0.29) is 0 Å². The second-order valence-electron chi connectivity index (χ2n) is 7.39. The third-order valence-corrected chi connectivity index (χ3v) is 5.16. The van der Waals surface area contributed by atoms with Crippen LogP contribution >= 0.6 is 0 Å². The number of carbonyl (C=O) groups excluding carboxylic acids is 1. The molecule has 6 nitrogen and oxygen atoms in total. The van der Waals surface area contributed by atoms with Gasteiger partial charge in [0.05, 0.1) is 0 Å². The number of fused-ring (bicyclic) bond motifs is 4. The summed E-state index contributed by atoms with van der Waals surface area (Å²) in [4.78, 5) is 21.2. The zero-order chi connectivity index (χ0) is 16.9. The average Bonchev–Trinajstić information content (AvgIpc) is 2.90. The van der Waals surface area contributed by atoms with Gasteiger partial charge in [0.25, 0.3) is 0 Å². The molecule has 3 aliphatic rings. The molecule has 0 radical (unpaired) electrons. The van der Waals surface area contributed by atoms with Crippen molar-refractivity contribution in [1.29, 1.82) is 0 Å². The maximum absolute atomic E-state index is 12.6. The van der Waals surface area contributed by atoms with Crippen LogP contribution in [0.4, 0.5) is 0 Å². The van der Waals surface area contributed by atoms with Gasteiger partial charge in [0.2, 0.25) is 5.91 Å². The van der Waals surface area contributed by atoms with Crippen LogP contribution in [0.3, 0.4) is 0 Å². The molecule has 4 rings (SSSR count). The molecule has 1 aromatic heterocycles. The van der Waals surface area contributed by atoms with Gasteiger partial charge in [-0.15, -0.1) is 0 Å². The number of hydrogen-bond acceptors (Lipinski definition) is 4. The van der Waals surface area contributed by atoms with Gasteiger partial charge >= 0.3 is 0 Å². The molecule has 0 aliphatic carbocycles. The zero-order valence-electron chi connectivity index (χ0n) is 14.9. The van der Waals surface area contributed by atoms with Crippen LogP contribution in [-0.4, -0.2) is 62.7 Å². The standard InChI is InChI=1S/C18H29N5O/c1-15(2)7-9-21-10-16-5-6-17(21)12-22(11-16)18(24)4-3-8-23-14-19-13-20-23/h7,13-14,16-17H,3-6,8-12H2,1-2H3/t16-,17-/m1/s1. The van der Waals surface area contributed by atoms with Gasteiger partial charge in [-0.25, -0.2) is 4.98 Å². The molecule has 0 saturated carbocycles. The molecule has 6 heteroatoms. The molecule has 3 fully saturated rings. The summed E-state index contributed by atoms with van der Waals surface area (Å²) in [6, 6.07) is 0.526. The van der Waals surface area contributed by atoms with E-state index in [0.29, 0.717) is 24.3 Å². The third kappa shape index (κ3) is 4.44. The molecule has 4 heterocycles. The number of rotatable bonds is 6. The van der Waals surface area contributed by atoms with Crippen molar-refractivity contribution in [2.24, 2.45) is 5.92 Å². The van der Waals surface area contributed by atoms with E-state index in [2.05, 4.69) is 39.8 Å². The fourth-order valence-corrected chi connectivity index (χ4v) is 3.80. The average molecular weight is 331 g/mol. The number of amides is 1. The quantitative estimate of drug-likeness (QED) is 0.748. The lowest BCUT2D eigenvalue weighted by Gasteiger charge is -2.35. The fraction of sp³-hybridized carbons (Fsp3) is 0.722. The van der Waals surface area contributed by atoms with E-state index in [9.17, 15) is 4.79 Å². The highest BCUT2D eigenvalue weighted by Gasteiger charge is 2.35. The number of carbonyl (C=O) groups is 1. The Balaban J connectivity index is 1.51. The number of nitrogens with zero attached hydrogens (tertiary/aromatic N) is 5. The van der Waals surface area contributed by atoms with Gasteiger partial charge < -0.3 is 4.90 Å². The van der Waals surface area contributed by atoms with Gasteiger partial charge in [-0.1, -0.05) is 11.6 Å². The Morgan fingerprint density at radius 1 is 1.25 bits per heavy atom. The van der Waals surface area contributed by atoms with Crippen LogP contribution in [0, 0.1) is 5.92 Å². The van der Waals surface area contributed by atoms with Crippen LogP contribution in [0.5, 0.6) is 0 Å². The van der Waals surface area contributed by atoms with Gasteiger partial charge in [-0.2, -0.15) is 5.10 Å². The first-order valence-electron chi connectivity index (χ1n) is 9.09. The van der Waals surface area contributed by atoms with E-state index in [0.717, 1.165) is 39.1 Å². The monoisotopic (exact) mass is 331 g/mol. The molecule has 0 spiro atoms. The molecule has 24 heavy (non-hydrogen) atoms. The lowest BCUT2D eigenvalue weighted by atomic mass is 9.95. The summed E-state index contributed by atoms with van der Waals surface area (Å²) in [5, 5.41) is 4.09. The lowest BCUT2D eigenvalue weighted by Crippen LogP contribution is -2.44. The Morgan fingerprint density at radius 3 is 2.88 bits per heavy atom. The Morgan fingerprint density at radius 2 is 2.12 bits per heavy atom. The van der Waals surface area contributed by atoms with E-state index in [1.54, 1.807) is 11.0 Å². The smallest absolute Gasteiger partial charge is 0.222 e.